The average molecular weight is 439 g/mol. The molecule has 0 saturated carbocycles. The molecule has 1 saturated heterocycles. The first-order valence-corrected chi connectivity index (χ1v) is 10.00. The Morgan fingerprint density at radius 2 is 1.91 bits per heavy atom. The summed E-state index contributed by atoms with van der Waals surface area (Å²) in [6.45, 7) is 0.406. The highest BCUT2D eigenvalue weighted by Crippen LogP contribution is 2.32. The molecule has 9 heteroatoms. The first kappa shape index (κ1) is 21.4. The van der Waals surface area contributed by atoms with Crippen molar-refractivity contribution in [1.29, 1.82) is 0 Å². The average Bonchev–Trinajstić information content (AvgIpc) is 3.44. The van der Waals surface area contributed by atoms with Gasteiger partial charge in [0, 0.05) is 30.3 Å². The maximum atomic E-state index is 13.1. The number of anilines is 1. The van der Waals surface area contributed by atoms with Gasteiger partial charge in [-0.1, -0.05) is 5.16 Å². The van der Waals surface area contributed by atoms with Crippen LogP contribution in [0.25, 0.3) is 11.3 Å². The van der Waals surface area contributed by atoms with Gasteiger partial charge in [-0.25, -0.2) is 4.39 Å². The molecule has 2 amide bonds. The van der Waals surface area contributed by atoms with E-state index in [-0.39, 0.29) is 37.1 Å². The lowest BCUT2D eigenvalue weighted by Gasteiger charge is -2.16. The number of aromatic nitrogens is 1. The minimum Gasteiger partial charge on any atom is -0.493 e. The maximum absolute atomic E-state index is 13.1. The highest BCUT2D eigenvalue weighted by molar-refractivity contribution is 6.00. The Morgan fingerprint density at radius 3 is 2.62 bits per heavy atom. The van der Waals surface area contributed by atoms with E-state index < -0.39 is 5.92 Å². The van der Waals surface area contributed by atoms with Crippen LogP contribution in [0.4, 0.5) is 10.1 Å². The van der Waals surface area contributed by atoms with Crippen molar-refractivity contribution in [2.24, 2.45) is 5.92 Å². The molecule has 1 aromatic heterocycles. The molecule has 3 aromatic rings. The fourth-order valence-corrected chi connectivity index (χ4v) is 3.60. The lowest BCUT2D eigenvalue weighted by molar-refractivity contribution is -0.126. The van der Waals surface area contributed by atoms with E-state index in [0.717, 1.165) is 5.56 Å². The molecule has 1 N–H and O–H groups in total. The van der Waals surface area contributed by atoms with Crippen LogP contribution in [0.5, 0.6) is 11.5 Å². The van der Waals surface area contributed by atoms with E-state index >= 15 is 0 Å². The third kappa shape index (κ3) is 4.41. The standard InChI is InChI=1S/C23H22FN3O5/c1-30-19-8-3-14(9-21(19)31-2)20-11-17(26-32-20)12-25-23(29)15-10-22(28)27(13-15)18-6-4-16(24)5-7-18/h3-9,11,15H,10,12-13H2,1-2H3,(H,25,29). The predicted molar refractivity (Wildman–Crippen MR) is 114 cm³/mol. The second-order valence-electron chi connectivity index (χ2n) is 7.35. The molecule has 1 aliphatic rings. The Kier molecular flexibility index (Phi) is 6.07. The summed E-state index contributed by atoms with van der Waals surface area (Å²) in [5.41, 5.74) is 1.87. The van der Waals surface area contributed by atoms with Crippen LogP contribution >= 0.6 is 0 Å². The summed E-state index contributed by atoms with van der Waals surface area (Å²) in [5.74, 6) is 0.387. The summed E-state index contributed by atoms with van der Waals surface area (Å²) in [4.78, 5) is 26.4. The van der Waals surface area contributed by atoms with Crippen LogP contribution in [-0.2, 0) is 16.1 Å². The Labute approximate surface area is 183 Å². The molecule has 2 heterocycles. The zero-order chi connectivity index (χ0) is 22.7. The normalized spacial score (nSPS) is 15.7. The molecule has 8 nitrogen and oxygen atoms in total. The number of amides is 2. The molecule has 0 bridgehead atoms. The predicted octanol–water partition coefficient (Wildman–Crippen LogP) is 3.17. The molecule has 1 atom stereocenters. The number of benzene rings is 2. The van der Waals surface area contributed by atoms with E-state index in [4.69, 9.17) is 14.0 Å². The third-order valence-electron chi connectivity index (χ3n) is 5.30. The van der Waals surface area contributed by atoms with E-state index in [2.05, 4.69) is 10.5 Å². The topological polar surface area (TPSA) is 93.9 Å². The van der Waals surface area contributed by atoms with Crippen LogP contribution in [0.15, 0.2) is 53.1 Å². The minimum atomic E-state index is -0.496. The van der Waals surface area contributed by atoms with Crippen LogP contribution in [0.3, 0.4) is 0 Å². The highest BCUT2D eigenvalue weighted by atomic mass is 19.1. The van der Waals surface area contributed by atoms with Crippen molar-refractivity contribution in [3.05, 3.63) is 60.0 Å². The van der Waals surface area contributed by atoms with Gasteiger partial charge in [-0.2, -0.15) is 0 Å². The maximum Gasteiger partial charge on any atom is 0.227 e. The lowest BCUT2D eigenvalue weighted by atomic mass is 10.1. The molecule has 0 spiro atoms. The van der Waals surface area contributed by atoms with E-state index in [9.17, 15) is 14.0 Å². The Morgan fingerprint density at radius 1 is 1.16 bits per heavy atom. The van der Waals surface area contributed by atoms with Crippen LogP contribution < -0.4 is 19.7 Å². The van der Waals surface area contributed by atoms with Crippen LogP contribution in [-0.4, -0.2) is 37.7 Å². The summed E-state index contributed by atoms with van der Waals surface area (Å²) in [5, 5.41) is 6.80. The SMILES string of the molecule is COc1ccc(-c2cc(CNC(=O)C3CC(=O)N(c4ccc(F)cc4)C3)no2)cc1OC. The summed E-state index contributed by atoms with van der Waals surface area (Å²) < 4.78 is 29.1. The number of hydrogen-bond donors (Lipinski definition) is 1. The Bertz CT molecular complexity index is 1130. The van der Waals surface area contributed by atoms with Gasteiger partial charge in [-0.05, 0) is 42.5 Å². The quantitative estimate of drug-likeness (QED) is 0.608. The fourth-order valence-electron chi connectivity index (χ4n) is 3.60. The molecule has 1 fully saturated rings. The number of halogens is 1. The van der Waals surface area contributed by atoms with Crippen molar-refractivity contribution in [2.45, 2.75) is 13.0 Å². The minimum absolute atomic E-state index is 0.0961. The number of nitrogens with one attached hydrogen (secondary N) is 1. The van der Waals surface area contributed by atoms with Crippen molar-refractivity contribution < 1.29 is 28.0 Å². The largest absolute Gasteiger partial charge is 0.493 e. The van der Waals surface area contributed by atoms with Crippen molar-refractivity contribution in [1.82, 2.24) is 10.5 Å². The first-order chi connectivity index (χ1) is 15.5. The Hall–Kier alpha value is -3.88. The number of ether oxygens (including phenoxy) is 2. The number of carbonyl (C=O) groups excluding carboxylic acids is 2. The number of carbonyl (C=O) groups is 2. The molecule has 1 unspecified atom stereocenters. The van der Waals surface area contributed by atoms with Gasteiger partial charge in [0.25, 0.3) is 0 Å². The molecule has 0 radical (unpaired) electrons. The fraction of sp³-hybridized carbons (Fsp3) is 0.261. The van der Waals surface area contributed by atoms with Crippen molar-refractivity contribution in [3.63, 3.8) is 0 Å². The number of rotatable bonds is 7. The van der Waals surface area contributed by atoms with Crippen molar-refractivity contribution in [3.8, 4) is 22.8 Å². The smallest absolute Gasteiger partial charge is 0.227 e. The van der Waals surface area contributed by atoms with Crippen molar-refractivity contribution >= 4 is 17.5 Å². The van der Waals surface area contributed by atoms with E-state index in [1.165, 1.54) is 29.2 Å². The molecule has 2 aromatic carbocycles. The van der Waals surface area contributed by atoms with Gasteiger partial charge in [-0.15, -0.1) is 0 Å². The molecule has 166 valence electrons. The van der Waals surface area contributed by atoms with Gasteiger partial charge in [0.15, 0.2) is 17.3 Å². The molecule has 0 aliphatic carbocycles. The summed E-state index contributed by atoms with van der Waals surface area (Å²) >= 11 is 0. The van der Waals surface area contributed by atoms with Gasteiger partial charge in [0.2, 0.25) is 11.8 Å². The molecule has 32 heavy (non-hydrogen) atoms. The van der Waals surface area contributed by atoms with Gasteiger partial charge < -0.3 is 24.2 Å². The zero-order valence-electron chi connectivity index (χ0n) is 17.6. The third-order valence-corrected chi connectivity index (χ3v) is 5.30. The molecule has 1 aliphatic heterocycles. The number of methoxy groups -OCH3 is 2. The monoisotopic (exact) mass is 439 g/mol. The highest BCUT2D eigenvalue weighted by Gasteiger charge is 2.35. The van der Waals surface area contributed by atoms with E-state index in [0.29, 0.717) is 28.6 Å². The molecular formula is C23H22FN3O5. The summed E-state index contributed by atoms with van der Waals surface area (Å²) in [7, 11) is 3.11. The van der Waals surface area contributed by atoms with Gasteiger partial charge in [-0.3, -0.25) is 9.59 Å². The summed E-state index contributed by atoms with van der Waals surface area (Å²) in [6.07, 6.45) is 0.0961. The van der Waals surface area contributed by atoms with Crippen LogP contribution in [0.2, 0.25) is 0 Å². The zero-order valence-corrected chi connectivity index (χ0v) is 17.6. The van der Waals surface area contributed by atoms with E-state index in [1.54, 1.807) is 32.4 Å². The summed E-state index contributed by atoms with van der Waals surface area (Å²) in [6, 6.07) is 12.7. The van der Waals surface area contributed by atoms with Crippen LogP contribution in [0, 0.1) is 11.7 Å². The Balaban J connectivity index is 1.36. The van der Waals surface area contributed by atoms with E-state index in [1.807, 2.05) is 6.07 Å². The second-order valence-corrected chi connectivity index (χ2v) is 7.35. The van der Waals surface area contributed by atoms with Gasteiger partial charge >= 0.3 is 0 Å². The molecule has 4 rings (SSSR count). The van der Waals surface area contributed by atoms with Crippen LogP contribution in [0.1, 0.15) is 12.1 Å². The van der Waals surface area contributed by atoms with Crippen molar-refractivity contribution in [2.75, 3.05) is 25.7 Å². The lowest BCUT2D eigenvalue weighted by Crippen LogP contribution is -2.32. The first-order valence-electron chi connectivity index (χ1n) is 10.00. The van der Waals surface area contributed by atoms with Gasteiger partial charge in [0.1, 0.15) is 11.5 Å². The number of hydrogen-bond acceptors (Lipinski definition) is 6. The molecular weight excluding hydrogens is 417 g/mol. The number of nitrogens with zero attached hydrogens (tertiary/aromatic N) is 2. The second kappa shape index (κ2) is 9.09. The van der Waals surface area contributed by atoms with Gasteiger partial charge in [0.05, 0.1) is 26.7 Å².